The Labute approximate surface area is 92.2 Å². The molecule has 0 saturated carbocycles. The Morgan fingerprint density at radius 1 is 1.47 bits per heavy atom. The lowest BCUT2D eigenvalue weighted by atomic mass is 10.2. The van der Waals surface area contributed by atoms with Crippen LogP contribution in [-0.4, -0.2) is 18.0 Å². The summed E-state index contributed by atoms with van der Waals surface area (Å²) in [6.07, 6.45) is 0.759. The number of aromatic nitrogens is 1. The van der Waals surface area contributed by atoms with E-state index in [-0.39, 0.29) is 0 Å². The number of hydrogen-bond donors (Lipinski definition) is 0. The van der Waals surface area contributed by atoms with Crippen LogP contribution in [0.4, 0.5) is 0 Å². The van der Waals surface area contributed by atoms with Crippen LogP contribution in [0.5, 0.6) is 5.75 Å². The van der Waals surface area contributed by atoms with Gasteiger partial charge < -0.3 is 9.30 Å². The lowest BCUT2D eigenvalue weighted by Gasteiger charge is -2.01. The Balaban J connectivity index is 2.83. The maximum Gasteiger partial charge on any atom is 0.168 e. The van der Waals surface area contributed by atoms with Gasteiger partial charge in [0.2, 0.25) is 0 Å². The van der Waals surface area contributed by atoms with E-state index >= 15 is 0 Å². The molecule has 0 N–H and O–H groups in total. The standard InChI is InChI=1S/C11H10ClNO2/c1-13-9-5-7(15-2)3-4-8(9)11(12)10(13)6-14/h3-6H,1-2H3. The summed E-state index contributed by atoms with van der Waals surface area (Å²) in [5, 5.41) is 1.35. The number of hydrogen-bond acceptors (Lipinski definition) is 2. The summed E-state index contributed by atoms with van der Waals surface area (Å²) < 4.78 is 6.87. The Kier molecular flexibility index (Phi) is 2.40. The summed E-state index contributed by atoms with van der Waals surface area (Å²) >= 11 is 6.07. The van der Waals surface area contributed by atoms with Gasteiger partial charge in [-0.15, -0.1) is 0 Å². The van der Waals surface area contributed by atoms with Crippen LogP contribution in [0.15, 0.2) is 18.2 Å². The van der Waals surface area contributed by atoms with E-state index in [4.69, 9.17) is 16.3 Å². The molecular weight excluding hydrogens is 214 g/mol. The zero-order chi connectivity index (χ0) is 11.0. The number of ether oxygens (including phenoxy) is 1. The molecule has 0 unspecified atom stereocenters. The van der Waals surface area contributed by atoms with Crippen molar-refractivity contribution in [1.82, 2.24) is 4.57 Å². The quantitative estimate of drug-likeness (QED) is 0.733. The molecule has 0 aliphatic carbocycles. The molecule has 0 radical (unpaired) electrons. The van der Waals surface area contributed by atoms with E-state index in [2.05, 4.69) is 0 Å². The first-order valence-electron chi connectivity index (χ1n) is 4.46. The van der Waals surface area contributed by atoms with Gasteiger partial charge in [-0.2, -0.15) is 0 Å². The van der Waals surface area contributed by atoms with Gasteiger partial charge in [-0.25, -0.2) is 0 Å². The molecule has 78 valence electrons. The fraction of sp³-hybridized carbons (Fsp3) is 0.182. The predicted molar refractivity (Wildman–Crippen MR) is 59.9 cm³/mol. The molecule has 3 nitrogen and oxygen atoms in total. The molecule has 2 rings (SSSR count). The fourth-order valence-electron chi connectivity index (χ4n) is 1.65. The highest BCUT2D eigenvalue weighted by molar-refractivity contribution is 6.38. The third kappa shape index (κ3) is 1.39. The van der Waals surface area contributed by atoms with E-state index in [1.807, 2.05) is 18.2 Å². The summed E-state index contributed by atoms with van der Waals surface area (Å²) in [5.74, 6) is 0.747. The maximum absolute atomic E-state index is 10.8. The van der Waals surface area contributed by atoms with E-state index in [9.17, 15) is 4.79 Å². The molecule has 0 spiro atoms. The lowest BCUT2D eigenvalue weighted by molar-refractivity contribution is 0.111. The van der Waals surface area contributed by atoms with E-state index < -0.39 is 0 Å². The first kappa shape index (κ1) is 10.1. The first-order chi connectivity index (χ1) is 7.19. The van der Waals surface area contributed by atoms with Crippen molar-refractivity contribution in [2.75, 3.05) is 7.11 Å². The number of nitrogens with zero attached hydrogens (tertiary/aromatic N) is 1. The smallest absolute Gasteiger partial charge is 0.168 e. The van der Waals surface area contributed by atoms with Crippen molar-refractivity contribution >= 4 is 28.8 Å². The van der Waals surface area contributed by atoms with Crippen molar-refractivity contribution in [2.45, 2.75) is 0 Å². The maximum atomic E-state index is 10.8. The predicted octanol–water partition coefficient (Wildman–Crippen LogP) is 2.65. The van der Waals surface area contributed by atoms with Gasteiger partial charge in [0.15, 0.2) is 6.29 Å². The molecule has 0 fully saturated rings. The van der Waals surface area contributed by atoms with Crippen molar-refractivity contribution < 1.29 is 9.53 Å². The van der Waals surface area contributed by atoms with Gasteiger partial charge >= 0.3 is 0 Å². The number of carbonyl (C=O) groups excluding carboxylic acids is 1. The number of methoxy groups -OCH3 is 1. The number of carbonyl (C=O) groups is 1. The van der Waals surface area contributed by atoms with E-state index in [0.29, 0.717) is 10.7 Å². The molecule has 15 heavy (non-hydrogen) atoms. The SMILES string of the molecule is COc1ccc2c(Cl)c(C=O)n(C)c2c1. The number of benzene rings is 1. The summed E-state index contributed by atoms with van der Waals surface area (Å²) in [6, 6.07) is 5.53. The molecule has 0 bridgehead atoms. The summed E-state index contributed by atoms with van der Waals surface area (Å²) in [6.45, 7) is 0. The second kappa shape index (κ2) is 3.59. The number of halogens is 1. The van der Waals surface area contributed by atoms with Crippen LogP contribution in [0.3, 0.4) is 0 Å². The zero-order valence-electron chi connectivity index (χ0n) is 8.45. The third-order valence-electron chi connectivity index (χ3n) is 2.50. The van der Waals surface area contributed by atoms with Gasteiger partial charge in [-0.3, -0.25) is 4.79 Å². The topological polar surface area (TPSA) is 31.2 Å². The molecular formula is C11H10ClNO2. The van der Waals surface area contributed by atoms with Crippen molar-refractivity contribution in [3.8, 4) is 5.75 Å². The summed E-state index contributed by atoms with van der Waals surface area (Å²) in [5.41, 5.74) is 1.38. The molecule has 0 atom stereocenters. The van der Waals surface area contributed by atoms with Crippen LogP contribution in [0.2, 0.25) is 5.02 Å². The van der Waals surface area contributed by atoms with Gasteiger partial charge in [0.05, 0.1) is 17.6 Å². The van der Waals surface area contributed by atoms with E-state index in [1.54, 1.807) is 18.7 Å². The van der Waals surface area contributed by atoms with Crippen molar-refractivity contribution in [3.05, 3.63) is 28.9 Å². The van der Waals surface area contributed by atoms with Crippen LogP contribution < -0.4 is 4.74 Å². The Morgan fingerprint density at radius 3 is 2.80 bits per heavy atom. The van der Waals surface area contributed by atoms with Gasteiger partial charge in [0, 0.05) is 18.5 Å². The molecule has 0 amide bonds. The van der Waals surface area contributed by atoms with Crippen LogP contribution >= 0.6 is 11.6 Å². The second-order valence-electron chi connectivity index (χ2n) is 3.26. The molecule has 0 aliphatic heterocycles. The average molecular weight is 224 g/mol. The second-order valence-corrected chi connectivity index (χ2v) is 3.64. The third-order valence-corrected chi connectivity index (χ3v) is 2.90. The Morgan fingerprint density at radius 2 is 2.20 bits per heavy atom. The Hall–Kier alpha value is -1.48. The van der Waals surface area contributed by atoms with Crippen LogP contribution in [0, 0.1) is 0 Å². The van der Waals surface area contributed by atoms with Gasteiger partial charge in [0.1, 0.15) is 11.4 Å². The van der Waals surface area contributed by atoms with Crippen LogP contribution in [-0.2, 0) is 7.05 Å². The molecule has 1 aromatic heterocycles. The summed E-state index contributed by atoms with van der Waals surface area (Å²) in [7, 11) is 3.41. The average Bonchev–Trinajstić information content (AvgIpc) is 2.51. The van der Waals surface area contributed by atoms with Gasteiger partial charge in [-0.05, 0) is 12.1 Å². The number of aryl methyl sites for hydroxylation is 1. The Bertz CT molecular complexity index is 531. The highest BCUT2D eigenvalue weighted by Gasteiger charge is 2.12. The fourth-order valence-corrected chi connectivity index (χ4v) is 1.98. The van der Waals surface area contributed by atoms with Gasteiger partial charge in [0.25, 0.3) is 0 Å². The van der Waals surface area contributed by atoms with Gasteiger partial charge in [-0.1, -0.05) is 11.6 Å². The highest BCUT2D eigenvalue weighted by atomic mass is 35.5. The minimum absolute atomic E-state index is 0.486. The molecule has 1 aromatic carbocycles. The molecule has 0 aliphatic rings. The first-order valence-corrected chi connectivity index (χ1v) is 4.84. The van der Waals surface area contributed by atoms with E-state index in [0.717, 1.165) is 22.9 Å². The van der Waals surface area contributed by atoms with Crippen LogP contribution in [0.25, 0.3) is 10.9 Å². The molecule has 2 aromatic rings. The zero-order valence-corrected chi connectivity index (χ0v) is 9.21. The molecule has 1 heterocycles. The van der Waals surface area contributed by atoms with Crippen molar-refractivity contribution in [2.24, 2.45) is 7.05 Å². The van der Waals surface area contributed by atoms with Crippen molar-refractivity contribution in [1.29, 1.82) is 0 Å². The molecule has 0 saturated heterocycles. The largest absolute Gasteiger partial charge is 0.497 e. The van der Waals surface area contributed by atoms with Crippen molar-refractivity contribution in [3.63, 3.8) is 0 Å². The highest BCUT2D eigenvalue weighted by Crippen LogP contribution is 2.31. The van der Waals surface area contributed by atoms with E-state index in [1.165, 1.54) is 0 Å². The van der Waals surface area contributed by atoms with Crippen LogP contribution in [0.1, 0.15) is 10.5 Å². The minimum atomic E-state index is 0.486. The normalized spacial score (nSPS) is 10.6. The minimum Gasteiger partial charge on any atom is -0.497 e. The lowest BCUT2D eigenvalue weighted by Crippen LogP contribution is -1.94. The summed E-state index contributed by atoms with van der Waals surface area (Å²) in [4.78, 5) is 10.8. The number of aldehydes is 1. The molecule has 4 heteroatoms. The number of fused-ring (bicyclic) bond motifs is 1. The number of rotatable bonds is 2. The monoisotopic (exact) mass is 223 g/mol.